The quantitative estimate of drug-likeness (QED) is 0.776. The van der Waals surface area contributed by atoms with Crippen LogP contribution in [-0.2, 0) is 0 Å². The topological polar surface area (TPSA) is 43.8 Å². The second kappa shape index (κ2) is 5.18. The molecule has 0 bridgehead atoms. The molecule has 21 heavy (non-hydrogen) atoms. The molecule has 3 aromatic rings. The van der Waals surface area contributed by atoms with Crippen LogP contribution < -0.4 is 5.73 Å². The highest BCUT2D eigenvalue weighted by molar-refractivity contribution is 6.33. The fourth-order valence-corrected chi connectivity index (χ4v) is 2.27. The molecule has 106 valence electrons. The maximum Gasteiger partial charge on any atom is 0.151 e. The van der Waals surface area contributed by atoms with E-state index in [4.69, 9.17) is 17.3 Å². The van der Waals surface area contributed by atoms with Gasteiger partial charge in [-0.05, 0) is 18.2 Å². The van der Waals surface area contributed by atoms with E-state index in [0.717, 1.165) is 12.1 Å². The number of benzene rings is 2. The second-order valence-electron chi connectivity index (χ2n) is 4.45. The van der Waals surface area contributed by atoms with E-state index < -0.39 is 11.6 Å². The zero-order chi connectivity index (χ0) is 15.0. The van der Waals surface area contributed by atoms with Crippen molar-refractivity contribution in [2.24, 2.45) is 0 Å². The maximum absolute atomic E-state index is 13.8. The van der Waals surface area contributed by atoms with E-state index in [1.165, 1.54) is 16.9 Å². The number of nitrogen functional groups attached to an aromatic ring is 1. The molecule has 1 heterocycles. The van der Waals surface area contributed by atoms with Crippen molar-refractivity contribution < 1.29 is 8.78 Å². The average molecular weight is 306 g/mol. The van der Waals surface area contributed by atoms with Crippen molar-refractivity contribution in [3.63, 3.8) is 0 Å². The molecule has 0 atom stereocenters. The zero-order valence-electron chi connectivity index (χ0n) is 10.7. The predicted molar refractivity (Wildman–Crippen MR) is 78.3 cm³/mol. The van der Waals surface area contributed by atoms with Crippen molar-refractivity contribution in [2.45, 2.75) is 0 Å². The molecule has 0 aliphatic carbocycles. The molecule has 0 radical (unpaired) electrons. The van der Waals surface area contributed by atoms with E-state index in [0.29, 0.717) is 22.0 Å². The van der Waals surface area contributed by atoms with E-state index in [1.807, 2.05) is 0 Å². The molecule has 2 aromatic carbocycles. The number of nitrogens with two attached hydrogens (primary N) is 1. The summed E-state index contributed by atoms with van der Waals surface area (Å²) in [4.78, 5) is 0. The van der Waals surface area contributed by atoms with Gasteiger partial charge in [0.1, 0.15) is 17.2 Å². The minimum Gasteiger partial charge on any atom is -0.396 e. The number of aromatic nitrogens is 2. The summed E-state index contributed by atoms with van der Waals surface area (Å²) in [7, 11) is 0. The molecule has 2 N–H and O–H groups in total. The first-order chi connectivity index (χ1) is 10.1. The third-order valence-electron chi connectivity index (χ3n) is 3.03. The van der Waals surface area contributed by atoms with E-state index >= 15 is 0 Å². The largest absolute Gasteiger partial charge is 0.396 e. The first-order valence-electron chi connectivity index (χ1n) is 6.12. The van der Waals surface area contributed by atoms with Crippen LogP contribution in [0.15, 0.2) is 48.7 Å². The Labute approximate surface area is 124 Å². The Morgan fingerprint density at radius 3 is 2.57 bits per heavy atom. The summed E-state index contributed by atoms with van der Waals surface area (Å²) in [6.45, 7) is 0. The Kier molecular flexibility index (Phi) is 3.35. The summed E-state index contributed by atoms with van der Waals surface area (Å²) in [5.41, 5.74) is 7.49. The predicted octanol–water partition coefficient (Wildman–Crippen LogP) is 4.05. The van der Waals surface area contributed by atoms with Crippen LogP contribution in [0.25, 0.3) is 16.9 Å². The molecule has 0 fully saturated rings. The van der Waals surface area contributed by atoms with Gasteiger partial charge in [-0.15, -0.1) is 0 Å². The van der Waals surface area contributed by atoms with Crippen molar-refractivity contribution in [1.29, 1.82) is 0 Å². The normalized spacial score (nSPS) is 10.8. The number of halogens is 3. The molecule has 0 spiro atoms. The van der Waals surface area contributed by atoms with E-state index in [-0.39, 0.29) is 5.69 Å². The molecule has 0 amide bonds. The number of anilines is 1. The molecular formula is C15H10ClF2N3. The smallest absolute Gasteiger partial charge is 0.151 e. The lowest BCUT2D eigenvalue weighted by molar-refractivity contribution is 0.574. The molecule has 0 saturated heterocycles. The SMILES string of the molecule is Nc1cn(-c2ccc(F)cc2F)nc1-c1ccccc1Cl. The lowest BCUT2D eigenvalue weighted by Gasteiger charge is -2.03. The summed E-state index contributed by atoms with van der Waals surface area (Å²) in [6.07, 6.45) is 1.47. The van der Waals surface area contributed by atoms with Gasteiger partial charge in [0.05, 0.1) is 16.9 Å². The third kappa shape index (κ3) is 2.48. The number of rotatable bonds is 2. The first kappa shape index (κ1) is 13.6. The standard InChI is InChI=1S/C15H10ClF2N3/c16-11-4-2-1-3-10(11)15-13(19)8-21(20-15)14-6-5-9(17)7-12(14)18/h1-8H,19H2. The van der Waals surface area contributed by atoms with Gasteiger partial charge in [0.25, 0.3) is 0 Å². The lowest BCUT2D eigenvalue weighted by Crippen LogP contribution is -1.99. The zero-order valence-corrected chi connectivity index (χ0v) is 11.5. The van der Waals surface area contributed by atoms with Crippen LogP contribution in [0.3, 0.4) is 0 Å². The van der Waals surface area contributed by atoms with Crippen molar-refractivity contribution in [3.05, 3.63) is 65.3 Å². The van der Waals surface area contributed by atoms with Gasteiger partial charge in [0.15, 0.2) is 5.82 Å². The van der Waals surface area contributed by atoms with E-state index in [1.54, 1.807) is 24.3 Å². The van der Waals surface area contributed by atoms with Gasteiger partial charge in [0, 0.05) is 11.6 Å². The summed E-state index contributed by atoms with van der Waals surface area (Å²) in [5, 5.41) is 4.74. The molecule has 3 nitrogen and oxygen atoms in total. The molecule has 0 aliphatic rings. The number of hydrogen-bond acceptors (Lipinski definition) is 2. The van der Waals surface area contributed by atoms with Gasteiger partial charge in [-0.25, -0.2) is 13.5 Å². The molecule has 0 unspecified atom stereocenters. The molecule has 1 aromatic heterocycles. The molecule has 6 heteroatoms. The summed E-state index contributed by atoms with van der Waals surface area (Å²) >= 11 is 6.11. The molecule has 3 rings (SSSR count). The Morgan fingerprint density at radius 2 is 1.86 bits per heavy atom. The summed E-state index contributed by atoms with van der Waals surface area (Å²) in [6, 6.07) is 10.3. The second-order valence-corrected chi connectivity index (χ2v) is 4.86. The van der Waals surface area contributed by atoms with Crippen LogP contribution >= 0.6 is 11.6 Å². The van der Waals surface area contributed by atoms with Gasteiger partial charge in [-0.1, -0.05) is 29.8 Å². The Bertz CT molecular complexity index is 814. The fourth-order valence-electron chi connectivity index (χ4n) is 2.04. The lowest BCUT2D eigenvalue weighted by atomic mass is 10.1. The van der Waals surface area contributed by atoms with Crippen LogP contribution in [0.1, 0.15) is 0 Å². The highest BCUT2D eigenvalue weighted by Crippen LogP contribution is 2.31. The van der Waals surface area contributed by atoms with Gasteiger partial charge in [-0.3, -0.25) is 0 Å². The first-order valence-corrected chi connectivity index (χ1v) is 6.49. The van der Waals surface area contributed by atoms with Crippen molar-refractivity contribution in [2.75, 3.05) is 5.73 Å². The van der Waals surface area contributed by atoms with Gasteiger partial charge in [-0.2, -0.15) is 5.10 Å². The highest BCUT2D eigenvalue weighted by atomic mass is 35.5. The molecule has 0 saturated carbocycles. The van der Waals surface area contributed by atoms with E-state index in [2.05, 4.69) is 5.10 Å². The van der Waals surface area contributed by atoms with Crippen molar-refractivity contribution >= 4 is 17.3 Å². The maximum atomic E-state index is 13.8. The monoisotopic (exact) mass is 305 g/mol. The van der Waals surface area contributed by atoms with Crippen LogP contribution in [0, 0.1) is 11.6 Å². The molecular weight excluding hydrogens is 296 g/mol. The van der Waals surface area contributed by atoms with Crippen molar-refractivity contribution in [1.82, 2.24) is 9.78 Å². The van der Waals surface area contributed by atoms with Crippen molar-refractivity contribution in [3.8, 4) is 16.9 Å². The Hall–Kier alpha value is -2.40. The van der Waals surface area contributed by atoms with Gasteiger partial charge < -0.3 is 5.73 Å². The fraction of sp³-hybridized carbons (Fsp3) is 0. The van der Waals surface area contributed by atoms with Crippen LogP contribution in [0.4, 0.5) is 14.5 Å². The summed E-state index contributed by atoms with van der Waals surface area (Å²) in [5.74, 6) is -1.37. The Balaban J connectivity index is 2.12. The van der Waals surface area contributed by atoms with Gasteiger partial charge in [0.2, 0.25) is 0 Å². The minimum absolute atomic E-state index is 0.112. The number of nitrogens with zero attached hydrogens (tertiary/aromatic N) is 2. The van der Waals surface area contributed by atoms with Crippen LogP contribution in [0.5, 0.6) is 0 Å². The van der Waals surface area contributed by atoms with E-state index in [9.17, 15) is 8.78 Å². The van der Waals surface area contributed by atoms with Gasteiger partial charge >= 0.3 is 0 Å². The average Bonchev–Trinajstić information content (AvgIpc) is 2.81. The van der Waals surface area contributed by atoms with Crippen LogP contribution in [-0.4, -0.2) is 9.78 Å². The minimum atomic E-state index is -0.719. The highest BCUT2D eigenvalue weighted by Gasteiger charge is 2.14. The number of hydrogen-bond donors (Lipinski definition) is 1. The third-order valence-corrected chi connectivity index (χ3v) is 3.36. The molecule has 0 aliphatic heterocycles. The van der Waals surface area contributed by atoms with Crippen LogP contribution in [0.2, 0.25) is 5.02 Å². The Morgan fingerprint density at radius 1 is 1.10 bits per heavy atom. The summed E-state index contributed by atoms with van der Waals surface area (Å²) < 4.78 is 28.0.